The molecule has 0 aliphatic carbocycles. The number of nitrogens with zero attached hydrogens (tertiary/aromatic N) is 3. The first-order valence-corrected chi connectivity index (χ1v) is 12.1. The highest BCUT2D eigenvalue weighted by molar-refractivity contribution is 14.1. The maximum absolute atomic E-state index is 13.7. The first-order chi connectivity index (χ1) is 16.5. The van der Waals surface area contributed by atoms with Gasteiger partial charge >= 0.3 is 0 Å². The van der Waals surface area contributed by atoms with Crippen molar-refractivity contribution >= 4 is 56.7 Å². The summed E-state index contributed by atoms with van der Waals surface area (Å²) >= 11 is 2.19. The fourth-order valence-corrected chi connectivity index (χ4v) is 4.76. The molecule has 7 heteroatoms. The van der Waals surface area contributed by atoms with Crippen molar-refractivity contribution < 1.29 is 9.53 Å². The van der Waals surface area contributed by atoms with Crippen LogP contribution in [0.15, 0.2) is 71.5 Å². The van der Waals surface area contributed by atoms with Gasteiger partial charge in [0.1, 0.15) is 11.6 Å². The molecule has 4 aromatic rings. The highest BCUT2D eigenvalue weighted by Gasteiger charge is 2.32. The molecule has 0 fully saturated rings. The lowest BCUT2D eigenvalue weighted by atomic mass is 10.1. The summed E-state index contributed by atoms with van der Waals surface area (Å²) in [7, 11) is 1.60. The standard InChI is InChI=1S/C27H22IN3O3/c1-3-14-30-24-7-5-4-6-20(24)21(26(30)32)16-25-29-23-13-8-17(28)15-22(23)27(33)31(25)18-9-11-19(34-2)12-10-18/h4-13,15-16H,3,14H2,1-2H3/b21-16+. The number of ether oxygens (including phenoxy) is 1. The van der Waals surface area contributed by atoms with Crippen LogP contribution in [0.3, 0.4) is 0 Å². The van der Waals surface area contributed by atoms with Gasteiger partial charge in [-0.05, 0) is 83.6 Å². The second kappa shape index (κ2) is 9.06. The van der Waals surface area contributed by atoms with E-state index in [1.807, 2.05) is 61.5 Å². The molecule has 3 aromatic carbocycles. The van der Waals surface area contributed by atoms with Gasteiger partial charge in [-0.25, -0.2) is 4.98 Å². The van der Waals surface area contributed by atoms with E-state index in [0.29, 0.717) is 40.3 Å². The van der Waals surface area contributed by atoms with E-state index in [1.165, 1.54) is 0 Å². The van der Waals surface area contributed by atoms with Crippen LogP contribution >= 0.6 is 22.6 Å². The van der Waals surface area contributed by atoms with Crippen molar-refractivity contribution in [3.63, 3.8) is 0 Å². The summed E-state index contributed by atoms with van der Waals surface area (Å²) in [5.74, 6) is 1.01. The van der Waals surface area contributed by atoms with E-state index in [1.54, 1.807) is 34.8 Å². The number of hydrogen-bond acceptors (Lipinski definition) is 4. The number of aromatic nitrogens is 2. The van der Waals surface area contributed by atoms with Gasteiger partial charge in [0, 0.05) is 15.7 Å². The number of carbonyl (C=O) groups is 1. The molecule has 0 atom stereocenters. The van der Waals surface area contributed by atoms with E-state index in [4.69, 9.17) is 9.72 Å². The van der Waals surface area contributed by atoms with Crippen LogP contribution in [0.4, 0.5) is 5.69 Å². The molecule has 2 heterocycles. The number of halogens is 1. The average molecular weight is 563 g/mol. The third-order valence-corrected chi connectivity index (χ3v) is 6.54. The van der Waals surface area contributed by atoms with E-state index in [0.717, 1.165) is 21.2 Å². The van der Waals surface area contributed by atoms with Crippen LogP contribution < -0.4 is 15.2 Å². The summed E-state index contributed by atoms with van der Waals surface area (Å²) < 4.78 is 7.79. The van der Waals surface area contributed by atoms with Crippen LogP contribution in [0, 0.1) is 3.57 Å². The summed E-state index contributed by atoms with van der Waals surface area (Å²) in [4.78, 5) is 33.7. The molecule has 0 unspecified atom stereocenters. The summed E-state index contributed by atoms with van der Waals surface area (Å²) in [6.45, 7) is 2.67. The van der Waals surface area contributed by atoms with Gasteiger partial charge in [0.15, 0.2) is 0 Å². The van der Waals surface area contributed by atoms with Crippen LogP contribution in [0.1, 0.15) is 24.7 Å². The smallest absolute Gasteiger partial charge is 0.266 e. The van der Waals surface area contributed by atoms with Crippen LogP contribution in [-0.4, -0.2) is 29.1 Å². The summed E-state index contributed by atoms with van der Waals surface area (Å²) in [6, 6.07) is 20.6. The molecule has 1 aliphatic heterocycles. The van der Waals surface area contributed by atoms with Crippen molar-refractivity contribution in [2.24, 2.45) is 0 Å². The normalized spacial score (nSPS) is 14.1. The third kappa shape index (κ3) is 3.79. The van der Waals surface area contributed by atoms with E-state index in [-0.39, 0.29) is 11.5 Å². The molecule has 0 spiro atoms. The lowest BCUT2D eigenvalue weighted by molar-refractivity contribution is -0.113. The van der Waals surface area contributed by atoms with Crippen LogP contribution in [-0.2, 0) is 4.79 Å². The fourth-order valence-electron chi connectivity index (χ4n) is 4.27. The van der Waals surface area contributed by atoms with E-state index in [2.05, 4.69) is 22.6 Å². The number of fused-ring (bicyclic) bond motifs is 2. The van der Waals surface area contributed by atoms with Gasteiger partial charge in [-0.3, -0.25) is 14.2 Å². The van der Waals surface area contributed by atoms with Crippen molar-refractivity contribution in [1.82, 2.24) is 9.55 Å². The molecule has 170 valence electrons. The Bertz CT molecular complexity index is 1510. The molecule has 0 N–H and O–H groups in total. The van der Waals surface area contributed by atoms with Gasteiger partial charge in [0.05, 0.1) is 35.0 Å². The van der Waals surface area contributed by atoms with Gasteiger partial charge in [0.2, 0.25) is 0 Å². The summed E-state index contributed by atoms with van der Waals surface area (Å²) in [5, 5.41) is 0.524. The predicted octanol–water partition coefficient (Wildman–Crippen LogP) is 5.30. The van der Waals surface area contributed by atoms with E-state index < -0.39 is 0 Å². The number of carbonyl (C=O) groups excluding carboxylic acids is 1. The molecule has 1 amide bonds. The van der Waals surface area contributed by atoms with Gasteiger partial charge in [-0.15, -0.1) is 0 Å². The van der Waals surface area contributed by atoms with E-state index in [9.17, 15) is 9.59 Å². The Morgan fingerprint density at radius 3 is 2.53 bits per heavy atom. The van der Waals surface area contributed by atoms with Gasteiger partial charge in [0.25, 0.3) is 11.5 Å². The maximum Gasteiger partial charge on any atom is 0.266 e. The van der Waals surface area contributed by atoms with Crippen molar-refractivity contribution in [3.05, 3.63) is 92.0 Å². The minimum Gasteiger partial charge on any atom is -0.497 e. The molecule has 0 saturated carbocycles. The van der Waals surface area contributed by atoms with Gasteiger partial charge < -0.3 is 9.64 Å². The van der Waals surface area contributed by atoms with Crippen molar-refractivity contribution in [1.29, 1.82) is 0 Å². The van der Waals surface area contributed by atoms with Crippen LogP contribution in [0.2, 0.25) is 0 Å². The zero-order valence-electron chi connectivity index (χ0n) is 18.8. The Morgan fingerprint density at radius 2 is 1.79 bits per heavy atom. The molecule has 1 aliphatic rings. The second-order valence-electron chi connectivity index (χ2n) is 8.00. The molecule has 0 radical (unpaired) electrons. The molecule has 0 bridgehead atoms. The SMILES string of the molecule is CCCN1C(=O)/C(=C/c2nc3ccc(I)cc3c(=O)n2-c2ccc(OC)cc2)c2ccccc21. The van der Waals surface area contributed by atoms with Gasteiger partial charge in [-0.2, -0.15) is 0 Å². The first kappa shape index (κ1) is 22.3. The number of para-hydroxylation sites is 1. The Morgan fingerprint density at radius 1 is 1.03 bits per heavy atom. The van der Waals surface area contributed by atoms with Crippen molar-refractivity contribution in [2.45, 2.75) is 13.3 Å². The average Bonchev–Trinajstić information content (AvgIpc) is 3.11. The number of hydrogen-bond donors (Lipinski definition) is 0. The lowest BCUT2D eigenvalue weighted by Gasteiger charge is -2.15. The van der Waals surface area contributed by atoms with Crippen LogP contribution in [0.5, 0.6) is 5.75 Å². The Kier molecular flexibility index (Phi) is 5.95. The first-order valence-electron chi connectivity index (χ1n) is 11.0. The third-order valence-electron chi connectivity index (χ3n) is 5.87. The largest absolute Gasteiger partial charge is 0.497 e. The van der Waals surface area contributed by atoms with Crippen molar-refractivity contribution in [3.8, 4) is 11.4 Å². The minimum atomic E-state index is -0.190. The fraction of sp³-hybridized carbons (Fsp3) is 0.148. The number of rotatable bonds is 5. The van der Waals surface area contributed by atoms with Crippen molar-refractivity contribution in [2.75, 3.05) is 18.6 Å². The lowest BCUT2D eigenvalue weighted by Crippen LogP contribution is -2.27. The number of methoxy groups -OCH3 is 1. The summed E-state index contributed by atoms with van der Waals surface area (Å²) in [5.41, 5.74) is 3.31. The predicted molar refractivity (Wildman–Crippen MR) is 144 cm³/mol. The topological polar surface area (TPSA) is 64.4 Å². The molecule has 34 heavy (non-hydrogen) atoms. The molecule has 1 aromatic heterocycles. The maximum atomic E-state index is 13.7. The van der Waals surface area contributed by atoms with E-state index >= 15 is 0 Å². The number of amides is 1. The zero-order chi connectivity index (χ0) is 23.8. The number of anilines is 1. The Labute approximate surface area is 210 Å². The minimum absolute atomic E-state index is 0.0821. The van der Waals surface area contributed by atoms with Crippen LogP contribution in [0.25, 0.3) is 28.2 Å². The quantitative estimate of drug-likeness (QED) is 0.245. The highest BCUT2D eigenvalue weighted by Crippen LogP contribution is 2.37. The molecular weight excluding hydrogens is 541 g/mol. The zero-order valence-corrected chi connectivity index (χ0v) is 20.9. The Balaban J connectivity index is 1.78. The summed E-state index contributed by atoms with van der Waals surface area (Å²) in [6.07, 6.45) is 2.58. The van der Waals surface area contributed by atoms with Gasteiger partial charge in [-0.1, -0.05) is 25.1 Å². The second-order valence-corrected chi connectivity index (χ2v) is 9.25. The Hall–Kier alpha value is -3.46. The molecular formula is C27H22IN3O3. The number of benzene rings is 3. The molecule has 6 nitrogen and oxygen atoms in total. The molecule has 5 rings (SSSR count). The molecule has 0 saturated heterocycles. The monoisotopic (exact) mass is 563 g/mol. The highest BCUT2D eigenvalue weighted by atomic mass is 127.